The molecule has 3 aromatic rings. The molecule has 0 saturated carbocycles. The Balaban J connectivity index is 1.31. The lowest BCUT2D eigenvalue weighted by atomic mass is 9.99. The summed E-state index contributed by atoms with van der Waals surface area (Å²) in [6, 6.07) is 15.2. The lowest BCUT2D eigenvalue weighted by Gasteiger charge is -2.30. The largest absolute Gasteiger partial charge is 0.497 e. The summed E-state index contributed by atoms with van der Waals surface area (Å²) in [4.78, 5) is 19.3. The number of nitrogens with zero attached hydrogens (tertiary/aromatic N) is 3. The Bertz CT molecular complexity index is 1020. The molecule has 1 fully saturated rings. The second-order valence-corrected chi connectivity index (χ2v) is 8.11. The molecule has 0 spiro atoms. The standard InChI is InChI=1S/C24H28N4O3/c1-17-5-4-12-28(15-17)16-18-8-10-19(11-9-18)24(29)25-14-22-26-23(27-31-22)20-6-3-7-21(13-20)30-2/h3,6-11,13,17H,4-5,12,14-16H2,1-2H3,(H,25,29). The Labute approximate surface area is 182 Å². The lowest BCUT2D eigenvalue weighted by Crippen LogP contribution is -2.33. The van der Waals surface area contributed by atoms with Crippen LogP contribution in [0.3, 0.4) is 0 Å². The van der Waals surface area contributed by atoms with Crippen LogP contribution in [-0.4, -0.2) is 41.1 Å². The first kappa shape index (κ1) is 21.1. The molecule has 7 nitrogen and oxygen atoms in total. The van der Waals surface area contributed by atoms with Crippen LogP contribution >= 0.6 is 0 Å². The molecule has 1 aromatic heterocycles. The van der Waals surface area contributed by atoms with Gasteiger partial charge in [-0.15, -0.1) is 0 Å². The molecule has 2 aromatic carbocycles. The molecule has 1 unspecified atom stereocenters. The Kier molecular flexibility index (Phi) is 6.62. The number of methoxy groups -OCH3 is 1. The summed E-state index contributed by atoms with van der Waals surface area (Å²) in [5.41, 5.74) is 2.63. The van der Waals surface area contributed by atoms with Gasteiger partial charge in [-0.05, 0) is 55.1 Å². The average Bonchev–Trinajstić information content (AvgIpc) is 3.27. The predicted octanol–water partition coefficient (Wildman–Crippen LogP) is 3.91. The molecule has 1 aliphatic rings. The van der Waals surface area contributed by atoms with Crippen molar-refractivity contribution in [2.75, 3.05) is 20.2 Å². The number of carbonyl (C=O) groups excluding carboxylic acids is 1. The van der Waals surface area contributed by atoms with Gasteiger partial charge in [0.2, 0.25) is 11.7 Å². The number of nitrogens with one attached hydrogen (secondary N) is 1. The van der Waals surface area contributed by atoms with E-state index in [0.717, 1.165) is 36.9 Å². The van der Waals surface area contributed by atoms with Crippen molar-refractivity contribution in [3.63, 3.8) is 0 Å². The fraction of sp³-hybridized carbons (Fsp3) is 0.375. The van der Waals surface area contributed by atoms with Crippen molar-refractivity contribution >= 4 is 5.91 Å². The number of hydrogen-bond acceptors (Lipinski definition) is 6. The predicted molar refractivity (Wildman–Crippen MR) is 118 cm³/mol. The molecule has 162 valence electrons. The van der Waals surface area contributed by atoms with Gasteiger partial charge in [0.05, 0.1) is 13.7 Å². The van der Waals surface area contributed by atoms with Crippen molar-refractivity contribution in [3.8, 4) is 17.1 Å². The number of piperidine rings is 1. The van der Waals surface area contributed by atoms with E-state index < -0.39 is 0 Å². The van der Waals surface area contributed by atoms with Crippen LogP contribution in [-0.2, 0) is 13.1 Å². The van der Waals surface area contributed by atoms with Gasteiger partial charge in [-0.1, -0.05) is 36.3 Å². The fourth-order valence-electron chi connectivity index (χ4n) is 3.91. The third kappa shape index (κ3) is 5.49. The molecule has 1 N–H and O–H groups in total. The summed E-state index contributed by atoms with van der Waals surface area (Å²) in [6.45, 7) is 5.70. The van der Waals surface area contributed by atoms with Crippen LogP contribution in [0.4, 0.5) is 0 Å². The number of aromatic nitrogens is 2. The molecule has 7 heteroatoms. The van der Waals surface area contributed by atoms with Crippen LogP contribution in [0.1, 0.15) is 41.6 Å². The van der Waals surface area contributed by atoms with Gasteiger partial charge >= 0.3 is 0 Å². The number of ether oxygens (including phenoxy) is 1. The van der Waals surface area contributed by atoms with E-state index in [2.05, 4.69) is 27.3 Å². The van der Waals surface area contributed by atoms with Crippen LogP contribution in [0.2, 0.25) is 0 Å². The normalized spacial score (nSPS) is 16.8. The summed E-state index contributed by atoms with van der Waals surface area (Å²) in [5, 5.41) is 6.83. The highest BCUT2D eigenvalue weighted by Gasteiger charge is 2.16. The van der Waals surface area contributed by atoms with Gasteiger partial charge in [-0.2, -0.15) is 4.98 Å². The summed E-state index contributed by atoms with van der Waals surface area (Å²) < 4.78 is 10.5. The Morgan fingerprint density at radius 2 is 2.10 bits per heavy atom. The molecule has 0 radical (unpaired) electrons. The van der Waals surface area contributed by atoms with Crippen LogP contribution < -0.4 is 10.1 Å². The molecule has 1 atom stereocenters. The summed E-state index contributed by atoms with van der Waals surface area (Å²) in [7, 11) is 1.61. The number of likely N-dealkylation sites (tertiary alicyclic amines) is 1. The van der Waals surface area contributed by atoms with E-state index in [4.69, 9.17) is 9.26 Å². The van der Waals surface area contributed by atoms with Gasteiger partial charge in [-0.25, -0.2) is 0 Å². The Hall–Kier alpha value is -3.19. The highest BCUT2D eigenvalue weighted by molar-refractivity contribution is 5.94. The van der Waals surface area contributed by atoms with Crippen molar-refractivity contribution < 1.29 is 14.1 Å². The lowest BCUT2D eigenvalue weighted by molar-refractivity contribution is 0.0946. The van der Waals surface area contributed by atoms with Gasteiger partial charge in [0.25, 0.3) is 5.91 Å². The number of rotatable bonds is 7. The summed E-state index contributed by atoms with van der Waals surface area (Å²) in [6.07, 6.45) is 2.58. The molecular weight excluding hydrogens is 392 g/mol. The first-order chi connectivity index (χ1) is 15.1. The zero-order valence-electron chi connectivity index (χ0n) is 18.0. The molecule has 0 bridgehead atoms. The maximum Gasteiger partial charge on any atom is 0.251 e. The monoisotopic (exact) mass is 420 g/mol. The van der Waals surface area contributed by atoms with Crippen LogP contribution in [0, 0.1) is 5.92 Å². The maximum absolute atomic E-state index is 12.5. The Morgan fingerprint density at radius 3 is 2.87 bits per heavy atom. The number of carbonyl (C=O) groups is 1. The van der Waals surface area contributed by atoms with E-state index in [-0.39, 0.29) is 12.5 Å². The topological polar surface area (TPSA) is 80.5 Å². The summed E-state index contributed by atoms with van der Waals surface area (Å²) >= 11 is 0. The highest BCUT2D eigenvalue weighted by Crippen LogP contribution is 2.21. The number of benzene rings is 2. The fourth-order valence-corrected chi connectivity index (χ4v) is 3.91. The first-order valence-corrected chi connectivity index (χ1v) is 10.7. The smallest absolute Gasteiger partial charge is 0.251 e. The zero-order chi connectivity index (χ0) is 21.6. The van der Waals surface area contributed by atoms with Crippen molar-refractivity contribution in [2.45, 2.75) is 32.9 Å². The molecule has 1 amide bonds. The van der Waals surface area contributed by atoms with Crippen LogP contribution in [0.25, 0.3) is 11.4 Å². The van der Waals surface area contributed by atoms with Crippen LogP contribution in [0.15, 0.2) is 53.1 Å². The maximum atomic E-state index is 12.5. The van der Waals surface area contributed by atoms with E-state index in [1.54, 1.807) is 7.11 Å². The first-order valence-electron chi connectivity index (χ1n) is 10.7. The van der Waals surface area contributed by atoms with Crippen LogP contribution in [0.5, 0.6) is 5.75 Å². The van der Waals surface area contributed by atoms with Crippen molar-refractivity contribution in [2.24, 2.45) is 5.92 Å². The van der Waals surface area contributed by atoms with Gasteiger partial charge in [0, 0.05) is 24.2 Å². The average molecular weight is 421 g/mol. The molecule has 0 aliphatic carbocycles. The van der Waals surface area contributed by atoms with Gasteiger partial charge in [-0.3, -0.25) is 9.69 Å². The van der Waals surface area contributed by atoms with E-state index in [0.29, 0.717) is 17.3 Å². The van der Waals surface area contributed by atoms with Gasteiger partial charge in [0.1, 0.15) is 5.75 Å². The molecule has 1 saturated heterocycles. The number of hydrogen-bond donors (Lipinski definition) is 1. The molecule has 1 aliphatic heterocycles. The summed E-state index contributed by atoms with van der Waals surface area (Å²) in [5.74, 6) is 2.11. The number of amides is 1. The highest BCUT2D eigenvalue weighted by atomic mass is 16.5. The SMILES string of the molecule is COc1cccc(-c2noc(CNC(=O)c3ccc(CN4CCCC(C)C4)cc3)n2)c1. The molecule has 4 rings (SSSR count). The molecular formula is C24H28N4O3. The third-order valence-corrected chi connectivity index (χ3v) is 5.56. The molecule has 2 heterocycles. The third-order valence-electron chi connectivity index (χ3n) is 5.56. The zero-order valence-corrected chi connectivity index (χ0v) is 18.0. The van der Waals surface area contributed by atoms with Crippen molar-refractivity contribution in [3.05, 3.63) is 65.5 Å². The second kappa shape index (κ2) is 9.75. The van der Waals surface area contributed by atoms with Gasteiger partial charge < -0.3 is 14.6 Å². The van der Waals surface area contributed by atoms with Crippen molar-refractivity contribution in [1.82, 2.24) is 20.4 Å². The second-order valence-electron chi connectivity index (χ2n) is 8.11. The minimum absolute atomic E-state index is 0.167. The minimum atomic E-state index is -0.167. The van der Waals surface area contributed by atoms with Gasteiger partial charge in [0.15, 0.2) is 0 Å². The van der Waals surface area contributed by atoms with Crippen molar-refractivity contribution in [1.29, 1.82) is 0 Å². The van der Waals surface area contributed by atoms with E-state index in [1.165, 1.54) is 18.4 Å². The van der Waals surface area contributed by atoms with E-state index >= 15 is 0 Å². The quantitative estimate of drug-likeness (QED) is 0.624. The van der Waals surface area contributed by atoms with E-state index in [1.807, 2.05) is 48.5 Å². The van der Waals surface area contributed by atoms with E-state index in [9.17, 15) is 4.79 Å². The minimum Gasteiger partial charge on any atom is -0.497 e. The molecule has 31 heavy (non-hydrogen) atoms. The Morgan fingerprint density at radius 1 is 1.26 bits per heavy atom.